The largest absolute Gasteiger partial charge is 0.394 e. The number of anilines is 3. The summed E-state index contributed by atoms with van der Waals surface area (Å²) in [5.41, 5.74) is 3.50. The molecule has 0 amide bonds. The Kier molecular flexibility index (Phi) is 5.87. The van der Waals surface area contributed by atoms with Crippen LogP contribution in [0.2, 0.25) is 0 Å². The molecule has 0 unspecified atom stereocenters. The van der Waals surface area contributed by atoms with E-state index in [4.69, 9.17) is 0 Å². The number of benzene rings is 1. The first-order valence-corrected chi connectivity index (χ1v) is 10.6. The standard InChI is InChI=1S/C22H24N6OS/c1-13(2)19(12-29)27-22-26-17(15-5-4-8-23-11-15)10-21(28-22)25-16-6-7-20-18(9-16)24-14(3)30-20/h4-11,13,19,29H,12H2,1-3H3,(H2,25,26,27,28)/t19-/m1/s1. The maximum absolute atomic E-state index is 9.70. The normalized spacial score (nSPS) is 12.3. The second kappa shape index (κ2) is 8.73. The van der Waals surface area contributed by atoms with E-state index in [0.29, 0.717) is 11.8 Å². The number of nitrogens with zero attached hydrogens (tertiary/aromatic N) is 4. The lowest BCUT2D eigenvalue weighted by atomic mass is 10.1. The molecule has 0 bridgehead atoms. The molecule has 3 aromatic heterocycles. The summed E-state index contributed by atoms with van der Waals surface area (Å²) in [6.45, 7) is 6.10. The lowest BCUT2D eigenvalue weighted by Gasteiger charge is -2.20. The van der Waals surface area contributed by atoms with E-state index in [1.54, 1.807) is 23.7 Å². The third-order valence-electron chi connectivity index (χ3n) is 4.77. The van der Waals surface area contributed by atoms with E-state index in [2.05, 4.69) is 36.6 Å². The number of fused-ring (bicyclic) bond motifs is 1. The maximum atomic E-state index is 9.70. The Morgan fingerprint density at radius 2 is 1.97 bits per heavy atom. The number of aromatic nitrogens is 4. The van der Waals surface area contributed by atoms with Crippen LogP contribution in [0.4, 0.5) is 17.5 Å². The molecule has 154 valence electrons. The van der Waals surface area contributed by atoms with E-state index in [9.17, 15) is 5.11 Å². The van der Waals surface area contributed by atoms with Gasteiger partial charge in [-0.05, 0) is 43.2 Å². The Morgan fingerprint density at radius 1 is 1.10 bits per heavy atom. The van der Waals surface area contributed by atoms with Gasteiger partial charge in [0.25, 0.3) is 0 Å². The van der Waals surface area contributed by atoms with Crippen LogP contribution in [-0.4, -0.2) is 37.7 Å². The smallest absolute Gasteiger partial charge is 0.225 e. The molecule has 0 aliphatic heterocycles. The number of hydrogen-bond donors (Lipinski definition) is 3. The molecule has 1 aromatic carbocycles. The monoisotopic (exact) mass is 420 g/mol. The molecule has 3 heterocycles. The number of aliphatic hydroxyl groups is 1. The molecule has 4 rings (SSSR count). The number of thiazole rings is 1. The van der Waals surface area contributed by atoms with Crippen LogP contribution < -0.4 is 10.6 Å². The fourth-order valence-electron chi connectivity index (χ4n) is 3.10. The summed E-state index contributed by atoms with van der Waals surface area (Å²) in [5, 5.41) is 17.4. The second-order valence-corrected chi connectivity index (χ2v) is 8.66. The first kappa shape index (κ1) is 20.2. The summed E-state index contributed by atoms with van der Waals surface area (Å²) < 4.78 is 1.15. The van der Waals surface area contributed by atoms with Crippen molar-refractivity contribution >= 4 is 39.0 Å². The lowest BCUT2D eigenvalue weighted by Crippen LogP contribution is -2.30. The molecule has 8 heteroatoms. The van der Waals surface area contributed by atoms with Crippen LogP contribution in [-0.2, 0) is 0 Å². The third kappa shape index (κ3) is 4.55. The topological polar surface area (TPSA) is 95.9 Å². The van der Waals surface area contributed by atoms with Crippen molar-refractivity contribution in [3.63, 3.8) is 0 Å². The van der Waals surface area contributed by atoms with Gasteiger partial charge in [-0.3, -0.25) is 4.98 Å². The first-order valence-electron chi connectivity index (χ1n) is 9.83. The van der Waals surface area contributed by atoms with Gasteiger partial charge in [0.05, 0.1) is 33.6 Å². The van der Waals surface area contributed by atoms with E-state index in [1.165, 1.54) is 0 Å². The zero-order chi connectivity index (χ0) is 21.1. The maximum Gasteiger partial charge on any atom is 0.225 e. The van der Waals surface area contributed by atoms with Crippen molar-refractivity contribution < 1.29 is 5.11 Å². The van der Waals surface area contributed by atoms with Crippen LogP contribution in [0, 0.1) is 12.8 Å². The van der Waals surface area contributed by atoms with Crippen molar-refractivity contribution in [2.45, 2.75) is 26.8 Å². The molecule has 7 nitrogen and oxygen atoms in total. The number of rotatable bonds is 7. The summed E-state index contributed by atoms with van der Waals surface area (Å²) >= 11 is 1.68. The molecule has 0 saturated heterocycles. The zero-order valence-corrected chi connectivity index (χ0v) is 17.9. The van der Waals surface area contributed by atoms with Crippen LogP contribution in [0.15, 0.2) is 48.8 Å². The summed E-state index contributed by atoms with van der Waals surface area (Å²) in [5.74, 6) is 1.34. The number of pyridine rings is 1. The Morgan fingerprint density at radius 3 is 2.70 bits per heavy atom. The van der Waals surface area contributed by atoms with E-state index < -0.39 is 0 Å². The van der Waals surface area contributed by atoms with Crippen molar-refractivity contribution in [3.05, 3.63) is 53.8 Å². The van der Waals surface area contributed by atoms with Crippen LogP contribution in [0.25, 0.3) is 21.5 Å². The number of aryl methyl sites for hydroxylation is 1. The molecule has 0 aliphatic carbocycles. The average Bonchev–Trinajstić information content (AvgIpc) is 3.11. The summed E-state index contributed by atoms with van der Waals surface area (Å²) in [6, 6.07) is 11.7. The summed E-state index contributed by atoms with van der Waals surface area (Å²) in [6.07, 6.45) is 3.50. The fraction of sp³-hybridized carbons (Fsp3) is 0.273. The first-order chi connectivity index (χ1) is 14.5. The fourth-order valence-corrected chi connectivity index (χ4v) is 3.90. The highest BCUT2D eigenvalue weighted by molar-refractivity contribution is 7.18. The van der Waals surface area contributed by atoms with Crippen LogP contribution >= 0.6 is 11.3 Å². The van der Waals surface area contributed by atoms with E-state index >= 15 is 0 Å². The Hall–Kier alpha value is -3.10. The molecular formula is C22H24N6OS. The van der Waals surface area contributed by atoms with Gasteiger partial charge in [-0.25, -0.2) is 9.97 Å². The van der Waals surface area contributed by atoms with Crippen LogP contribution in [0.5, 0.6) is 0 Å². The van der Waals surface area contributed by atoms with Gasteiger partial charge in [-0.2, -0.15) is 4.98 Å². The minimum atomic E-state index is -0.142. The number of aliphatic hydroxyl groups excluding tert-OH is 1. The molecule has 0 spiro atoms. The van der Waals surface area contributed by atoms with Gasteiger partial charge in [-0.15, -0.1) is 11.3 Å². The Bertz CT molecular complexity index is 1150. The minimum absolute atomic E-state index is 0.000747. The molecule has 0 aliphatic rings. The molecule has 30 heavy (non-hydrogen) atoms. The van der Waals surface area contributed by atoms with Crippen molar-refractivity contribution in [1.82, 2.24) is 19.9 Å². The van der Waals surface area contributed by atoms with E-state index in [-0.39, 0.29) is 18.6 Å². The molecular weight excluding hydrogens is 396 g/mol. The quantitative estimate of drug-likeness (QED) is 0.401. The molecule has 4 aromatic rings. The van der Waals surface area contributed by atoms with Gasteiger partial charge in [0.2, 0.25) is 5.95 Å². The molecule has 0 fully saturated rings. The predicted molar refractivity (Wildman–Crippen MR) is 122 cm³/mol. The molecule has 1 atom stereocenters. The van der Waals surface area contributed by atoms with Crippen LogP contribution in [0.1, 0.15) is 18.9 Å². The average molecular weight is 421 g/mol. The molecule has 0 radical (unpaired) electrons. The van der Waals surface area contributed by atoms with Crippen molar-refractivity contribution in [1.29, 1.82) is 0 Å². The summed E-state index contributed by atoms with van der Waals surface area (Å²) in [4.78, 5) is 18.0. The van der Waals surface area contributed by atoms with Crippen molar-refractivity contribution in [2.24, 2.45) is 5.92 Å². The SMILES string of the molecule is Cc1nc2cc(Nc3cc(-c4cccnc4)nc(N[C@H](CO)C(C)C)n3)ccc2s1. The number of nitrogens with one attached hydrogen (secondary N) is 2. The highest BCUT2D eigenvalue weighted by Crippen LogP contribution is 2.28. The van der Waals surface area contributed by atoms with Crippen LogP contribution in [0.3, 0.4) is 0 Å². The van der Waals surface area contributed by atoms with Gasteiger partial charge in [-0.1, -0.05) is 13.8 Å². The highest BCUT2D eigenvalue weighted by atomic mass is 32.1. The van der Waals surface area contributed by atoms with Crippen molar-refractivity contribution in [3.8, 4) is 11.3 Å². The molecule has 3 N–H and O–H groups in total. The Labute approximate surface area is 179 Å². The predicted octanol–water partition coefficient (Wildman–Crippen LogP) is 4.63. The lowest BCUT2D eigenvalue weighted by molar-refractivity contribution is 0.248. The third-order valence-corrected chi connectivity index (χ3v) is 5.72. The second-order valence-electron chi connectivity index (χ2n) is 7.42. The number of hydrogen-bond acceptors (Lipinski definition) is 8. The van der Waals surface area contributed by atoms with Gasteiger partial charge in [0.1, 0.15) is 5.82 Å². The highest BCUT2D eigenvalue weighted by Gasteiger charge is 2.15. The van der Waals surface area contributed by atoms with Gasteiger partial charge < -0.3 is 15.7 Å². The van der Waals surface area contributed by atoms with E-state index in [0.717, 1.165) is 32.2 Å². The molecule has 0 saturated carbocycles. The van der Waals surface area contributed by atoms with Gasteiger partial charge in [0, 0.05) is 29.7 Å². The Balaban J connectivity index is 1.70. The van der Waals surface area contributed by atoms with E-state index in [1.807, 2.05) is 51.1 Å². The zero-order valence-electron chi connectivity index (χ0n) is 17.1. The van der Waals surface area contributed by atoms with Gasteiger partial charge in [0.15, 0.2) is 0 Å². The minimum Gasteiger partial charge on any atom is -0.394 e. The van der Waals surface area contributed by atoms with Gasteiger partial charge >= 0.3 is 0 Å². The summed E-state index contributed by atoms with van der Waals surface area (Å²) in [7, 11) is 0. The van der Waals surface area contributed by atoms with Crippen molar-refractivity contribution in [2.75, 3.05) is 17.2 Å².